The molecule has 0 bridgehead atoms. The first-order chi connectivity index (χ1) is 8.17. The molecule has 0 saturated heterocycles. The summed E-state index contributed by atoms with van der Waals surface area (Å²) in [7, 11) is 1.54. The third kappa shape index (κ3) is 4.65. The summed E-state index contributed by atoms with van der Waals surface area (Å²) in [6.45, 7) is 0.465. The van der Waals surface area contributed by atoms with Gasteiger partial charge in [-0.15, -0.1) is 0 Å². The standard InChI is InChI=1S/C12H16FNO2S/c1-16-11-3-2-10(13)8-9(11)4-6-14-12(15)5-7-17/h2-3,8,17H,4-7H2,1H3,(H,14,15). The summed E-state index contributed by atoms with van der Waals surface area (Å²) in [5.41, 5.74) is 0.749. The van der Waals surface area contributed by atoms with Gasteiger partial charge in [0.1, 0.15) is 11.6 Å². The second kappa shape index (κ2) is 7.17. The molecule has 1 N–H and O–H groups in total. The van der Waals surface area contributed by atoms with Gasteiger partial charge in [0, 0.05) is 13.0 Å². The fourth-order valence-corrected chi connectivity index (χ4v) is 1.67. The Bertz CT molecular complexity index is 385. The topological polar surface area (TPSA) is 38.3 Å². The average Bonchev–Trinajstić information content (AvgIpc) is 2.30. The second-order valence-electron chi connectivity index (χ2n) is 3.53. The molecule has 17 heavy (non-hydrogen) atoms. The molecule has 3 nitrogen and oxygen atoms in total. The van der Waals surface area contributed by atoms with Crippen molar-refractivity contribution in [3.8, 4) is 5.75 Å². The van der Waals surface area contributed by atoms with Crippen molar-refractivity contribution in [3.63, 3.8) is 0 Å². The number of halogens is 1. The largest absolute Gasteiger partial charge is 0.496 e. The maximum absolute atomic E-state index is 13.0. The summed E-state index contributed by atoms with van der Waals surface area (Å²) in [5.74, 6) is 0.808. The van der Waals surface area contributed by atoms with Crippen LogP contribution in [0, 0.1) is 5.82 Å². The van der Waals surface area contributed by atoms with Crippen LogP contribution in [-0.2, 0) is 11.2 Å². The van der Waals surface area contributed by atoms with Gasteiger partial charge in [0.05, 0.1) is 7.11 Å². The third-order valence-corrected chi connectivity index (χ3v) is 2.52. The monoisotopic (exact) mass is 257 g/mol. The quantitative estimate of drug-likeness (QED) is 0.763. The van der Waals surface area contributed by atoms with Crippen LogP contribution in [0.4, 0.5) is 4.39 Å². The number of methoxy groups -OCH3 is 1. The van der Waals surface area contributed by atoms with Crippen LogP contribution in [0.2, 0.25) is 0 Å². The van der Waals surface area contributed by atoms with E-state index in [-0.39, 0.29) is 11.7 Å². The molecule has 0 radical (unpaired) electrons. The van der Waals surface area contributed by atoms with Gasteiger partial charge in [-0.25, -0.2) is 4.39 Å². The van der Waals surface area contributed by atoms with E-state index < -0.39 is 0 Å². The SMILES string of the molecule is COc1ccc(F)cc1CCNC(=O)CCS. The molecule has 0 spiro atoms. The number of carbonyl (C=O) groups is 1. The van der Waals surface area contributed by atoms with E-state index in [2.05, 4.69) is 17.9 Å². The van der Waals surface area contributed by atoms with Crippen molar-refractivity contribution in [2.45, 2.75) is 12.8 Å². The van der Waals surface area contributed by atoms with E-state index in [0.717, 1.165) is 5.56 Å². The van der Waals surface area contributed by atoms with Crippen LogP contribution in [-0.4, -0.2) is 25.3 Å². The Balaban J connectivity index is 2.50. The van der Waals surface area contributed by atoms with Gasteiger partial charge >= 0.3 is 0 Å². The molecule has 0 aliphatic rings. The highest BCUT2D eigenvalue weighted by molar-refractivity contribution is 7.80. The van der Waals surface area contributed by atoms with Crippen molar-refractivity contribution in [3.05, 3.63) is 29.6 Å². The van der Waals surface area contributed by atoms with Crippen molar-refractivity contribution >= 4 is 18.5 Å². The van der Waals surface area contributed by atoms with Crippen molar-refractivity contribution in [1.82, 2.24) is 5.32 Å². The zero-order valence-corrected chi connectivity index (χ0v) is 10.6. The Hall–Kier alpha value is -1.23. The second-order valence-corrected chi connectivity index (χ2v) is 3.98. The van der Waals surface area contributed by atoms with E-state index in [9.17, 15) is 9.18 Å². The molecule has 1 aromatic carbocycles. The van der Waals surface area contributed by atoms with E-state index in [1.54, 1.807) is 6.07 Å². The molecule has 1 aromatic rings. The summed E-state index contributed by atoms with van der Waals surface area (Å²) in [6, 6.07) is 4.35. The normalized spacial score (nSPS) is 10.1. The van der Waals surface area contributed by atoms with Crippen molar-refractivity contribution in [2.24, 2.45) is 0 Å². The molecule has 0 fully saturated rings. The average molecular weight is 257 g/mol. The zero-order chi connectivity index (χ0) is 12.7. The van der Waals surface area contributed by atoms with E-state index in [1.165, 1.54) is 19.2 Å². The third-order valence-electron chi connectivity index (χ3n) is 2.30. The van der Waals surface area contributed by atoms with Gasteiger partial charge in [-0.1, -0.05) is 0 Å². The molecular weight excluding hydrogens is 241 g/mol. The Labute approximate surface area is 106 Å². The molecule has 5 heteroatoms. The van der Waals surface area contributed by atoms with Crippen LogP contribution in [0.15, 0.2) is 18.2 Å². The first-order valence-electron chi connectivity index (χ1n) is 5.37. The van der Waals surface area contributed by atoms with Crippen LogP contribution in [0.3, 0.4) is 0 Å². The number of carbonyl (C=O) groups excluding carboxylic acids is 1. The minimum absolute atomic E-state index is 0.0460. The Morgan fingerprint density at radius 3 is 2.94 bits per heavy atom. The molecule has 0 aliphatic carbocycles. The maximum atomic E-state index is 13.0. The first kappa shape index (κ1) is 13.8. The lowest BCUT2D eigenvalue weighted by molar-refractivity contribution is -0.120. The lowest BCUT2D eigenvalue weighted by Crippen LogP contribution is -2.25. The van der Waals surface area contributed by atoms with E-state index in [1.807, 2.05) is 0 Å². The number of nitrogens with one attached hydrogen (secondary N) is 1. The fraction of sp³-hybridized carbons (Fsp3) is 0.417. The number of hydrogen-bond acceptors (Lipinski definition) is 3. The van der Waals surface area contributed by atoms with E-state index >= 15 is 0 Å². The number of rotatable bonds is 6. The Kier molecular flexibility index (Phi) is 5.83. The molecule has 0 unspecified atom stereocenters. The molecular formula is C12H16FNO2S. The highest BCUT2D eigenvalue weighted by atomic mass is 32.1. The number of amides is 1. The highest BCUT2D eigenvalue weighted by Gasteiger charge is 2.05. The van der Waals surface area contributed by atoms with Crippen molar-refractivity contribution in [2.75, 3.05) is 19.4 Å². The lowest BCUT2D eigenvalue weighted by Gasteiger charge is -2.09. The Morgan fingerprint density at radius 2 is 2.29 bits per heavy atom. The predicted molar refractivity (Wildman–Crippen MR) is 68.1 cm³/mol. The van der Waals surface area contributed by atoms with Gasteiger partial charge in [0.2, 0.25) is 5.91 Å². The lowest BCUT2D eigenvalue weighted by atomic mass is 10.1. The molecule has 0 heterocycles. The zero-order valence-electron chi connectivity index (χ0n) is 9.70. The van der Waals surface area contributed by atoms with Gasteiger partial charge in [-0.05, 0) is 35.9 Å². The molecule has 0 atom stereocenters. The van der Waals surface area contributed by atoms with E-state index in [0.29, 0.717) is 30.9 Å². The van der Waals surface area contributed by atoms with Crippen LogP contribution in [0.1, 0.15) is 12.0 Å². The van der Waals surface area contributed by atoms with Crippen molar-refractivity contribution in [1.29, 1.82) is 0 Å². The molecule has 94 valence electrons. The summed E-state index contributed by atoms with van der Waals surface area (Å²) in [5, 5.41) is 2.74. The summed E-state index contributed by atoms with van der Waals surface area (Å²) in [6.07, 6.45) is 0.933. The number of benzene rings is 1. The minimum atomic E-state index is -0.303. The van der Waals surface area contributed by atoms with Gasteiger partial charge < -0.3 is 10.1 Å². The van der Waals surface area contributed by atoms with Gasteiger partial charge in [-0.2, -0.15) is 12.6 Å². The fourth-order valence-electron chi connectivity index (χ4n) is 1.47. The minimum Gasteiger partial charge on any atom is -0.496 e. The van der Waals surface area contributed by atoms with Crippen molar-refractivity contribution < 1.29 is 13.9 Å². The molecule has 0 aromatic heterocycles. The summed E-state index contributed by atoms with van der Waals surface area (Å²) in [4.78, 5) is 11.2. The molecule has 0 saturated carbocycles. The number of thiol groups is 1. The smallest absolute Gasteiger partial charge is 0.220 e. The maximum Gasteiger partial charge on any atom is 0.220 e. The first-order valence-corrected chi connectivity index (χ1v) is 6.00. The number of ether oxygens (including phenoxy) is 1. The predicted octanol–water partition coefficient (Wildman–Crippen LogP) is 1.81. The molecule has 1 amide bonds. The summed E-state index contributed by atoms with van der Waals surface area (Å²) >= 11 is 3.97. The van der Waals surface area contributed by atoms with E-state index in [4.69, 9.17) is 4.74 Å². The van der Waals surface area contributed by atoms with Gasteiger partial charge in [-0.3, -0.25) is 4.79 Å². The van der Waals surface area contributed by atoms with Gasteiger partial charge in [0.15, 0.2) is 0 Å². The van der Waals surface area contributed by atoms with Crippen LogP contribution in [0.5, 0.6) is 5.75 Å². The Morgan fingerprint density at radius 1 is 1.53 bits per heavy atom. The summed E-state index contributed by atoms with van der Waals surface area (Å²) < 4.78 is 18.2. The molecule has 0 aliphatic heterocycles. The van der Waals surface area contributed by atoms with Crippen LogP contribution < -0.4 is 10.1 Å². The molecule has 1 rings (SSSR count). The van der Waals surface area contributed by atoms with Crippen LogP contribution >= 0.6 is 12.6 Å². The number of hydrogen-bond donors (Lipinski definition) is 2. The highest BCUT2D eigenvalue weighted by Crippen LogP contribution is 2.19. The van der Waals surface area contributed by atoms with Gasteiger partial charge in [0.25, 0.3) is 0 Å². The van der Waals surface area contributed by atoms with Crippen LogP contribution in [0.25, 0.3) is 0 Å².